The number of nitrogens with zero attached hydrogens (tertiary/aromatic N) is 2. The van der Waals surface area contributed by atoms with Crippen LogP contribution in [0.25, 0.3) is 11.1 Å². The van der Waals surface area contributed by atoms with Crippen LogP contribution in [0.2, 0.25) is 0 Å². The lowest BCUT2D eigenvalue weighted by Gasteiger charge is -2.32. The van der Waals surface area contributed by atoms with E-state index in [4.69, 9.17) is 0 Å². The lowest BCUT2D eigenvalue weighted by Crippen LogP contribution is -2.42. The lowest BCUT2D eigenvalue weighted by molar-refractivity contribution is -0.115. The highest BCUT2D eigenvalue weighted by Gasteiger charge is 2.30. The summed E-state index contributed by atoms with van der Waals surface area (Å²) in [7, 11) is -3.57. The number of carbonyl (C=O) groups excluding carboxylic acids is 1. The number of fused-ring (bicyclic) bond motifs is 1. The van der Waals surface area contributed by atoms with Gasteiger partial charge in [0.1, 0.15) is 5.82 Å². The summed E-state index contributed by atoms with van der Waals surface area (Å²) in [5, 5.41) is 6.26. The molecule has 176 valence electrons. The van der Waals surface area contributed by atoms with Crippen molar-refractivity contribution in [3.63, 3.8) is 0 Å². The maximum absolute atomic E-state index is 13.3. The third kappa shape index (κ3) is 4.43. The van der Waals surface area contributed by atoms with Crippen molar-refractivity contribution in [1.29, 1.82) is 0 Å². The van der Waals surface area contributed by atoms with E-state index in [9.17, 15) is 13.2 Å². The van der Waals surface area contributed by atoms with Crippen LogP contribution in [-0.2, 0) is 21.2 Å². The zero-order chi connectivity index (χ0) is 23.9. The molecule has 0 atom stereocenters. The molecular weight excluding hydrogens is 448 g/mol. The van der Waals surface area contributed by atoms with Crippen LogP contribution in [0.5, 0.6) is 0 Å². The predicted octanol–water partition coefficient (Wildman–Crippen LogP) is 4.13. The molecule has 1 saturated heterocycles. The minimum absolute atomic E-state index is 0.000544. The fourth-order valence-corrected chi connectivity index (χ4v) is 6.22. The fourth-order valence-electron chi connectivity index (χ4n) is 4.67. The topological polar surface area (TPSA) is 91.4 Å². The fraction of sp³-hybridized carbons (Fsp3) is 0.308. The van der Waals surface area contributed by atoms with Crippen molar-refractivity contribution in [1.82, 2.24) is 9.29 Å². The second-order valence-corrected chi connectivity index (χ2v) is 11.1. The van der Waals surface area contributed by atoms with Crippen LogP contribution in [0.4, 0.5) is 11.5 Å². The Balaban J connectivity index is 1.28. The van der Waals surface area contributed by atoms with Gasteiger partial charge in [0.05, 0.1) is 11.3 Å². The van der Waals surface area contributed by atoms with E-state index in [0.29, 0.717) is 24.4 Å². The summed E-state index contributed by atoms with van der Waals surface area (Å²) in [6.07, 6.45) is 3.66. The van der Waals surface area contributed by atoms with Crippen molar-refractivity contribution >= 4 is 27.4 Å². The number of anilines is 2. The van der Waals surface area contributed by atoms with Crippen LogP contribution >= 0.6 is 0 Å². The second-order valence-electron chi connectivity index (χ2n) is 9.12. The molecule has 2 aliphatic heterocycles. The van der Waals surface area contributed by atoms with Crippen molar-refractivity contribution in [2.75, 3.05) is 23.7 Å². The van der Waals surface area contributed by atoms with E-state index in [1.54, 1.807) is 16.4 Å². The zero-order valence-corrected chi connectivity index (χ0v) is 20.2. The Bertz CT molecular complexity index is 1340. The summed E-state index contributed by atoms with van der Waals surface area (Å²) in [5.74, 6) is 0.823. The molecule has 34 heavy (non-hydrogen) atoms. The number of aromatic nitrogens is 1. The molecule has 0 spiro atoms. The summed E-state index contributed by atoms with van der Waals surface area (Å²) in [6.45, 7) is 4.87. The number of aryl methyl sites for hydroxylation is 2. The summed E-state index contributed by atoms with van der Waals surface area (Å²) in [4.78, 5) is 16.4. The Morgan fingerprint density at radius 3 is 2.53 bits per heavy atom. The average molecular weight is 477 g/mol. The predicted molar refractivity (Wildman–Crippen MR) is 133 cm³/mol. The van der Waals surface area contributed by atoms with Crippen LogP contribution in [0.3, 0.4) is 0 Å². The monoisotopic (exact) mass is 476 g/mol. The number of hydrogen-bond donors (Lipinski definition) is 2. The number of hydrogen-bond acceptors (Lipinski definition) is 5. The largest absolute Gasteiger partial charge is 0.367 e. The van der Waals surface area contributed by atoms with Gasteiger partial charge in [-0.05, 0) is 84.8 Å². The first-order valence-electron chi connectivity index (χ1n) is 11.5. The van der Waals surface area contributed by atoms with E-state index in [1.165, 1.54) is 0 Å². The van der Waals surface area contributed by atoms with Gasteiger partial charge >= 0.3 is 0 Å². The number of pyridine rings is 1. The minimum Gasteiger partial charge on any atom is -0.367 e. The van der Waals surface area contributed by atoms with E-state index in [-0.39, 0.29) is 11.9 Å². The van der Waals surface area contributed by atoms with Gasteiger partial charge in [0.2, 0.25) is 15.9 Å². The van der Waals surface area contributed by atoms with Crippen LogP contribution in [0.15, 0.2) is 59.6 Å². The molecule has 5 rings (SSSR count). The number of carbonyl (C=O) groups is 1. The van der Waals surface area contributed by atoms with Crippen molar-refractivity contribution in [2.24, 2.45) is 0 Å². The molecule has 2 aromatic carbocycles. The maximum Gasteiger partial charge on any atom is 0.243 e. The highest BCUT2D eigenvalue weighted by Crippen LogP contribution is 2.32. The van der Waals surface area contributed by atoms with E-state index >= 15 is 0 Å². The highest BCUT2D eigenvalue weighted by atomic mass is 32.2. The van der Waals surface area contributed by atoms with Crippen LogP contribution < -0.4 is 10.6 Å². The molecule has 0 bridgehead atoms. The summed E-state index contributed by atoms with van der Waals surface area (Å²) < 4.78 is 28.2. The van der Waals surface area contributed by atoms with Gasteiger partial charge in [-0.15, -0.1) is 0 Å². The van der Waals surface area contributed by atoms with Crippen LogP contribution in [0.1, 0.15) is 29.5 Å². The van der Waals surface area contributed by atoms with Gasteiger partial charge in [-0.2, -0.15) is 4.31 Å². The van der Waals surface area contributed by atoms with Gasteiger partial charge in [-0.1, -0.05) is 18.2 Å². The Morgan fingerprint density at radius 1 is 1.03 bits per heavy atom. The number of rotatable bonds is 5. The lowest BCUT2D eigenvalue weighted by atomic mass is 9.98. The maximum atomic E-state index is 13.3. The molecule has 2 aliphatic rings. The first-order valence-corrected chi connectivity index (χ1v) is 13.0. The number of benzene rings is 2. The van der Waals surface area contributed by atoms with Crippen molar-refractivity contribution < 1.29 is 13.2 Å². The van der Waals surface area contributed by atoms with Crippen LogP contribution in [-0.4, -0.2) is 42.7 Å². The molecule has 2 N–H and O–H groups in total. The average Bonchev–Trinajstić information content (AvgIpc) is 3.20. The quantitative estimate of drug-likeness (QED) is 0.578. The summed E-state index contributed by atoms with van der Waals surface area (Å²) >= 11 is 0. The SMILES string of the molecule is Cc1ccc(NC2CCN(S(=O)(=O)c3ccc(-c4ccc5c(c4)CC(=O)N5)c(C)c3)CC2)nc1. The molecule has 0 radical (unpaired) electrons. The molecule has 0 saturated carbocycles. The Hall–Kier alpha value is -3.23. The summed E-state index contributed by atoms with van der Waals surface area (Å²) in [6, 6.07) is 15.4. The van der Waals surface area contributed by atoms with Gasteiger partial charge in [-0.25, -0.2) is 13.4 Å². The molecule has 7 nitrogen and oxygen atoms in total. The molecule has 3 aromatic rings. The van der Waals surface area contributed by atoms with E-state index in [1.807, 2.05) is 56.4 Å². The smallest absolute Gasteiger partial charge is 0.243 e. The Morgan fingerprint density at radius 2 is 1.82 bits per heavy atom. The second kappa shape index (κ2) is 8.85. The first kappa shape index (κ1) is 22.6. The van der Waals surface area contributed by atoms with Gasteiger partial charge < -0.3 is 10.6 Å². The van der Waals surface area contributed by atoms with Gasteiger partial charge in [0.15, 0.2) is 0 Å². The van der Waals surface area contributed by atoms with E-state index < -0.39 is 10.0 Å². The highest BCUT2D eigenvalue weighted by molar-refractivity contribution is 7.89. The Kier molecular flexibility index (Phi) is 5.87. The van der Waals surface area contributed by atoms with Crippen molar-refractivity contribution in [2.45, 2.75) is 44.0 Å². The summed E-state index contributed by atoms with van der Waals surface area (Å²) in [5.41, 5.74) is 5.76. The number of piperidine rings is 1. The molecule has 1 fully saturated rings. The normalized spacial score (nSPS) is 16.8. The molecule has 1 aromatic heterocycles. The molecular formula is C26H28N4O3S. The molecule has 0 unspecified atom stereocenters. The molecule has 3 heterocycles. The molecule has 0 aliphatic carbocycles. The first-order chi connectivity index (χ1) is 16.3. The number of amides is 1. The number of sulfonamides is 1. The zero-order valence-electron chi connectivity index (χ0n) is 19.3. The molecule has 8 heteroatoms. The van der Waals surface area contributed by atoms with Crippen LogP contribution in [0, 0.1) is 13.8 Å². The van der Waals surface area contributed by atoms with Gasteiger partial charge in [0.25, 0.3) is 0 Å². The van der Waals surface area contributed by atoms with E-state index in [0.717, 1.165) is 52.2 Å². The van der Waals surface area contributed by atoms with Gasteiger partial charge in [0, 0.05) is 31.0 Å². The van der Waals surface area contributed by atoms with E-state index in [2.05, 4.69) is 15.6 Å². The number of nitrogens with one attached hydrogen (secondary N) is 2. The minimum atomic E-state index is -3.57. The van der Waals surface area contributed by atoms with Gasteiger partial charge in [-0.3, -0.25) is 4.79 Å². The Labute approximate surface area is 200 Å². The van der Waals surface area contributed by atoms with Crippen molar-refractivity contribution in [3.05, 3.63) is 71.4 Å². The van der Waals surface area contributed by atoms with Crippen molar-refractivity contribution in [3.8, 4) is 11.1 Å². The third-order valence-electron chi connectivity index (χ3n) is 6.59. The standard InChI is InChI=1S/C26H28N4O3S/c1-17-3-8-25(27-16-17)28-21-9-11-30(12-10-21)34(32,33)22-5-6-23(18(2)13-22)19-4-7-24-20(14-19)15-26(31)29-24/h3-8,13-14,16,21H,9-12,15H2,1-2H3,(H,27,28)(H,29,31). The third-order valence-corrected chi connectivity index (χ3v) is 8.49. The molecule has 1 amide bonds.